The molecule has 3 heterocycles. The van der Waals surface area contributed by atoms with Crippen LogP contribution in [0.4, 0.5) is 16.2 Å². The summed E-state index contributed by atoms with van der Waals surface area (Å²) >= 11 is 0. The van der Waals surface area contributed by atoms with Crippen LogP contribution >= 0.6 is 0 Å². The Hall–Kier alpha value is -6.74. The zero-order valence-corrected chi connectivity index (χ0v) is 43.9. The summed E-state index contributed by atoms with van der Waals surface area (Å²) in [4.78, 5) is 46.8. The Kier molecular flexibility index (Phi) is 21.0. The molecule has 392 valence electrons. The molecule has 2 aromatic heterocycles. The highest BCUT2D eigenvalue weighted by molar-refractivity contribution is 6.76. The molecule has 2 atom stereocenters. The van der Waals surface area contributed by atoms with Crippen molar-refractivity contribution in [1.29, 1.82) is 0 Å². The Bertz CT molecular complexity index is 2950. The summed E-state index contributed by atoms with van der Waals surface area (Å²) in [5.41, 5.74) is 9.46. The molecule has 0 aliphatic carbocycles. The summed E-state index contributed by atoms with van der Waals surface area (Å²) < 4.78 is 17.7. The third-order valence-electron chi connectivity index (χ3n) is 12.8. The number of benzene rings is 5. The highest BCUT2D eigenvalue weighted by atomic mass is 28.3. The molecular formula is C55H69B3N6O10Si. The van der Waals surface area contributed by atoms with Gasteiger partial charge in [-0.3, -0.25) is 19.6 Å². The molecule has 7 aromatic rings. The van der Waals surface area contributed by atoms with Crippen LogP contribution in [0.3, 0.4) is 0 Å². The van der Waals surface area contributed by atoms with E-state index in [-0.39, 0.29) is 32.3 Å². The number of nitrogens with two attached hydrogens (primary N) is 1. The number of fused-ring (bicyclic) bond motifs is 2. The normalized spacial score (nSPS) is 14.1. The van der Waals surface area contributed by atoms with Crippen LogP contribution < -0.4 is 38.1 Å². The van der Waals surface area contributed by atoms with Crippen LogP contribution in [-0.2, 0) is 23.6 Å². The Morgan fingerprint density at radius 2 is 1.12 bits per heavy atom. The monoisotopic (exact) mass is 1030 g/mol. The maximum Gasteiger partial charge on any atom is 0.494 e. The van der Waals surface area contributed by atoms with Crippen molar-refractivity contribution in [3.8, 4) is 0 Å². The first-order chi connectivity index (χ1) is 35.1. The molecule has 1 aliphatic rings. The SMILES string of the molecule is C.CC1(C)OB(c2ccc(C(CNC(=O)OCC[Si](C)(C)C)C(=O)Nc3ccc4cnccc4c3)cc2)OC1(C)C.NCC(C(=O)Nc1ccc2cnccc2c1)c1ccc(B(O)O)cc1.OB(O)c1ccccc1. The van der Waals surface area contributed by atoms with E-state index in [1.165, 1.54) is 0 Å². The highest BCUT2D eigenvalue weighted by Crippen LogP contribution is 2.36. The van der Waals surface area contributed by atoms with E-state index < -0.39 is 58.6 Å². The van der Waals surface area contributed by atoms with E-state index in [1.54, 1.807) is 73.3 Å². The first-order valence-electron chi connectivity index (χ1n) is 24.4. The molecule has 8 rings (SSSR count). The van der Waals surface area contributed by atoms with Crippen LogP contribution in [0.2, 0.25) is 25.7 Å². The number of pyridine rings is 2. The van der Waals surface area contributed by atoms with Gasteiger partial charge in [-0.25, -0.2) is 4.79 Å². The van der Waals surface area contributed by atoms with Crippen LogP contribution in [-0.4, -0.2) is 108 Å². The molecule has 2 unspecified atom stereocenters. The molecule has 5 aromatic carbocycles. The number of carbonyl (C=O) groups excluding carboxylic acids is 3. The number of anilines is 2. The van der Waals surface area contributed by atoms with Crippen molar-refractivity contribution >= 4 is 96.6 Å². The third-order valence-corrected chi connectivity index (χ3v) is 14.5. The molecule has 1 fully saturated rings. The van der Waals surface area contributed by atoms with E-state index in [9.17, 15) is 14.4 Å². The number of alkyl carbamates (subject to hydrolysis) is 1. The van der Waals surface area contributed by atoms with E-state index in [4.69, 9.17) is 39.9 Å². The molecule has 0 saturated carbocycles. The van der Waals surface area contributed by atoms with Gasteiger partial charge in [-0.2, -0.15) is 0 Å². The van der Waals surface area contributed by atoms with Crippen molar-refractivity contribution in [2.45, 2.75) is 83.8 Å². The molecule has 3 amide bonds. The Morgan fingerprint density at radius 1 is 0.653 bits per heavy atom. The van der Waals surface area contributed by atoms with Gasteiger partial charge in [-0.1, -0.05) is 118 Å². The maximum atomic E-state index is 13.6. The summed E-state index contributed by atoms with van der Waals surface area (Å²) in [6, 6.07) is 38.7. The predicted octanol–water partition coefficient (Wildman–Crippen LogP) is 5.92. The Balaban J connectivity index is 0.000000251. The second kappa shape index (κ2) is 26.7. The van der Waals surface area contributed by atoms with Gasteiger partial charge in [-0.05, 0) is 108 Å². The Labute approximate surface area is 441 Å². The van der Waals surface area contributed by atoms with Gasteiger partial charge in [0.25, 0.3) is 0 Å². The van der Waals surface area contributed by atoms with Gasteiger partial charge in [0.15, 0.2) is 0 Å². The lowest BCUT2D eigenvalue weighted by Crippen LogP contribution is -2.41. The van der Waals surface area contributed by atoms with E-state index in [0.29, 0.717) is 28.9 Å². The minimum Gasteiger partial charge on any atom is -0.450 e. The minimum atomic E-state index is -1.54. The Morgan fingerprint density at radius 3 is 1.59 bits per heavy atom. The highest BCUT2D eigenvalue weighted by Gasteiger charge is 2.51. The largest absolute Gasteiger partial charge is 0.494 e. The minimum absolute atomic E-state index is 0. The van der Waals surface area contributed by atoms with E-state index >= 15 is 0 Å². The van der Waals surface area contributed by atoms with Crippen molar-refractivity contribution in [3.63, 3.8) is 0 Å². The summed E-state index contributed by atoms with van der Waals surface area (Å²) in [6.45, 7) is 15.3. The zero-order valence-electron chi connectivity index (χ0n) is 42.9. The van der Waals surface area contributed by atoms with Crippen molar-refractivity contribution in [3.05, 3.63) is 163 Å². The zero-order chi connectivity index (χ0) is 53.6. The number of ether oxygens (including phenoxy) is 1. The second-order valence-electron chi connectivity index (χ2n) is 20.1. The van der Waals surface area contributed by atoms with Crippen molar-refractivity contribution in [1.82, 2.24) is 15.3 Å². The molecular weight excluding hydrogens is 965 g/mol. The summed E-state index contributed by atoms with van der Waals surface area (Å²) in [5, 5.41) is 48.1. The van der Waals surface area contributed by atoms with E-state index in [2.05, 4.69) is 45.6 Å². The summed E-state index contributed by atoms with van der Waals surface area (Å²) in [5.74, 6) is -1.63. The quantitative estimate of drug-likeness (QED) is 0.0557. The molecule has 9 N–H and O–H groups in total. The van der Waals surface area contributed by atoms with Crippen molar-refractivity contribution in [2.75, 3.05) is 30.3 Å². The lowest BCUT2D eigenvalue weighted by molar-refractivity contribution is -0.118. The van der Waals surface area contributed by atoms with Gasteiger partial charge in [0, 0.05) is 68.1 Å². The van der Waals surface area contributed by atoms with Crippen LogP contribution in [0.1, 0.15) is 58.1 Å². The summed E-state index contributed by atoms with van der Waals surface area (Å²) in [6.07, 6.45) is 6.44. The fourth-order valence-electron chi connectivity index (χ4n) is 7.61. The fourth-order valence-corrected chi connectivity index (χ4v) is 8.33. The standard InChI is InChI=1S/C30H40BN3O5Si.C18H18BN3O3.C6H7BO2.CH4/c1-29(2)30(3,4)39-31(38-29)24-11-8-21(9-12-24)26(20-33-28(36)37-16-17-40(5,6)7)27(35)34-25-13-10-23-19-32-15-14-22(23)18-25;20-10-17(12-1-4-15(5-2-12)19(24)25)18(23)22-16-6-3-14-11-21-8-7-13(14)9-16;8-7(9)6-4-2-1-3-5-6;/h8-15,18-19,26H,16-17,20H2,1-7H3,(H,33,36)(H,34,35);1-9,11,17,24-25H,10,20H2,(H,22,23);1-5,8-9H;1H4. The first kappa shape index (κ1) is 59.1. The van der Waals surface area contributed by atoms with Crippen LogP contribution in [0.5, 0.6) is 0 Å². The molecule has 20 heteroatoms. The molecule has 1 aliphatic heterocycles. The number of rotatable bonds is 15. The van der Waals surface area contributed by atoms with Gasteiger partial charge in [0.1, 0.15) is 0 Å². The number of nitrogens with zero attached hydrogens (tertiary/aromatic N) is 2. The smallest absolute Gasteiger partial charge is 0.450 e. The third kappa shape index (κ3) is 16.9. The lowest BCUT2D eigenvalue weighted by atomic mass is 9.78. The van der Waals surface area contributed by atoms with Gasteiger partial charge in [0.05, 0.1) is 29.6 Å². The summed E-state index contributed by atoms with van der Waals surface area (Å²) in [7, 11) is -4.71. The predicted molar refractivity (Wildman–Crippen MR) is 304 cm³/mol. The molecule has 0 radical (unpaired) electrons. The van der Waals surface area contributed by atoms with Crippen LogP contribution in [0, 0.1) is 0 Å². The maximum absolute atomic E-state index is 13.6. The van der Waals surface area contributed by atoms with E-state index in [0.717, 1.165) is 44.2 Å². The second-order valence-corrected chi connectivity index (χ2v) is 25.7. The van der Waals surface area contributed by atoms with Crippen molar-refractivity contribution < 1.29 is 48.5 Å². The molecule has 16 nitrogen and oxygen atoms in total. The number of nitrogens with one attached hydrogen (secondary N) is 3. The number of carbonyl (C=O) groups is 3. The fraction of sp³-hybridized carbons (Fsp3) is 0.291. The number of hydrogen-bond acceptors (Lipinski definition) is 13. The molecule has 1 saturated heterocycles. The lowest BCUT2D eigenvalue weighted by Gasteiger charge is -2.32. The topological polar surface area (TPSA) is 248 Å². The average Bonchev–Trinajstić information content (AvgIpc) is 3.60. The molecule has 0 bridgehead atoms. The average molecular weight is 1030 g/mol. The van der Waals surface area contributed by atoms with E-state index in [1.807, 2.05) is 107 Å². The van der Waals surface area contributed by atoms with Crippen molar-refractivity contribution in [2.24, 2.45) is 5.73 Å². The van der Waals surface area contributed by atoms with Crippen LogP contribution in [0.15, 0.2) is 152 Å². The van der Waals surface area contributed by atoms with Gasteiger partial charge in [-0.15, -0.1) is 0 Å². The molecule has 0 spiro atoms. The first-order valence-corrected chi connectivity index (χ1v) is 28.1. The van der Waals surface area contributed by atoms with Gasteiger partial charge >= 0.3 is 27.4 Å². The number of aromatic nitrogens is 2. The van der Waals surface area contributed by atoms with Gasteiger partial charge in [0.2, 0.25) is 11.8 Å². The number of amides is 3. The van der Waals surface area contributed by atoms with Crippen LogP contribution in [0.25, 0.3) is 21.5 Å². The van der Waals surface area contributed by atoms with Gasteiger partial charge < -0.3 is 55.8 Å². The molecule has 75 heavy (non-hydrogen) atoms. The number of hydrogen-bond donors (Lipinski definition) is 8.